The maximum Gasteiger partial charge on any atom is 0.206 e. The summed E-state index contributed by atoms with van der Waals surface area (Å²) in [6.07, 6.45) is 1.61. The lowest BCUT2D eigenvalue weighted by Gasteiger charge is -2.09. The number of hydrogen-bond acceptors (Lipinski definition) is 3. The van der Waals surface area contributed by atoms with Crippen LogP contribution in [0.25, 0.3) is 0 Å². The van der Waals surface area contributed by atoms with Gasteiger partial charge in [-0.05, 0) is 17.7 Å². The molecule has 0 heterocycles. The zero-order chi connectivity index (χ0) is 14.4. The van der Waals surface area contributed by atoms with E-state index in [1.807, 2.05) is 30.3 Å². The van der Waals surface area contributed by atoms with E-state index in [0.29, 0.717) is 6.42 Å². The summed E-state index contributed by atoms with van der Waals surface area (Å²) in [7, 11) is -2.08. The summed E-state index contributed by atoms with van der Waals surface area (Å²) >= 11 is 0. The Morgan fingerprint density at radius 1 is 1.00 bits per heavy atom. The first-order chi connectivity index (χ1) is 9.64. The second kappa shape index (κ2) is 6.39. The van der Waals surface area contributed by atoms with Crippen LogP contribution in [0, 0.1) is 0 Å². The molecule has 0 aliphatic rings. The topological polar surface area (TPSA) is 43.4 Å². The molecule has 0 fully saturated rings. The first-order valence-electron chi connectivity index (χ1n) is 6.20. The van der Waals surface area contributed by atoms with Crippen molar-refractivity contribution in [3.8, 4) is 0 Å². The second-order valence-electron chi connectivity index (χ2n) is 4.30. The van der Waals surface area contributed by atoms with Crippen LogP contribution in [-0.2, 0) is 21.0 Å². The van der Waals surface area contributed by atoms with Crippen molar-refractivity contribution in [2.45, 2.75) is 11.3 Å². The molecular formula is C16H16O3S. The summed E-state index contributed by atoms with van der Waals surface area (Å²) in [5.41, 5.74) is 0.926. The summed E-state index contributed by atoms with van der Waals surface area (Å²) in [6.45, 7) is 0. The predicted octanol–water partition coefficient (Wildman–Crippen LogP) is 3.19. The molecule has 2 aromatic carbocycles. The van der Waals surface area contributed by atoms with Gasteiger partial charge in [-0.15, -0.1) is 0 Å². The number of hydrogen-bond donors (Lipinski definition) is 0. The van der Waals surface area contributed by atoms with Gasteiger partial charge in [0.25, 0.3) is 0 Å². The molecule has 4 heteroatoms. The van der Waals surface area contributed by atoms with Crippen LogP contribution in [0.1, 0.15) is 5.56 Å². The third kappa shape index (κ3) is 3.27. The molecule has 0 aliphatic carbocycles. The average Bonchev–Trinajstić information content (AvgIpc) is 2.49. The van der Waals surface area contributed by atoms with E-state index in [0.717, 1.165) is 5.56 Å². The van der Waals surface area contributed by atoms with E-state index < -0.39 is 9.84 Å². The summed E-state index contributed by atoms with van der Waals surface area (Å²) < 4.78 is 30.1. The van der Waals surface area contributed by atoms with E-state index in [-0.39, 0.29) is 9.80 Å². The van der Waals surface area contributed by atoms with Crippen LogP contribution in [-0.4, -0.2) is 15.5 Å². The predicted molar refractivity (Wildman–Crippen MR) is 78.9 cm³/mol. The average molecular weight is 288 g/mol. The van der Waals surface area contributed by atoms with Gasteiger partial charge in [0.1, 0.15) is 0 Å². The molecule has 0 spiro atoms. The largest absolute Gasteiger partial charge is 0.503 e. The van der Waals surface area contributed by atoms with Gasteiger partial charge in [-0.25, -0.2) is 8.42 Å². The van der Waals surface area contributed by atoms with Crippen molar-refractivity contribution < 1.29 is 13.2 Å². The number of sulfone groups is 1. The SMILES string of the molecule is CO/C=C(\Cc1ccccc1)S(=O)(=O)c1ccccc1. The van der Waals surface area contributed by atoms with Crippen molar-refractivity contribution >= 4 is 9.84 Å². The fourth-order valence-electron chi connectivity index (χ4n) is 1.88. The van der Waals surface area contributed by atoms with Gasteiger partial charge in [0.05, 0.1) is 23.2 Å². The van der Waals surface area contributed by atoms with Gasteiger partial charge in [-0.2, -0.15) is 0 Å². The molecule has 0 unspecified atom stereocenters. The Kier molecular flexibility index (Phi) is 4.58. The molecule has 0 aliphatic heterocycles. The Morgan fingerprint density at radius 2 is 1.55 bits per heavy atom. The smallest absolute Gasteiger partial charge is 0.206 e. The van der Waals surface area contributed by atoms with Crippen LogP contribution in [0.2, 0.25) is 0 Å². The number of benzene rings is 2. The highest BCUT2D eigenvalue weighted by molar-refractivity contribution is 7.95. The van der Waals surface area contributed by atoms with E-state index in [1.54, 1.807) is 30.3 Å². The van der Waals surface area contributed by atoms with Crippen LogP contribution in [0.5, 0.6) is 0 Å². The molecule has 0 saturated carbocycles. The summed E-state index contributed by atoms with van der Waals surface area (Å²) in [5, 5.41) is 0. The normalized spacial score (nSPS) is 12.2. The molecule has 2 rings (SSSR count). The maximum absolute atomic E-state index is 12.6. The highest BCUT2D eigenvalue weighted by Gasteiger charge is 2.21. The molecule has 104 valence electrons. The van der Waals surface area contributed by atoms with E-state index in [2.05, 4.69) is 0 Å². The molecule has 0 atom stereocenters. The monoisotopic (exact) mass is 288 g/mol. The molecule has 20 heavy (non-hydrogen) atoms. The summed E-state index contributed by atoms with van der Waals surface area (Å²) in [5.74, 6) is 0. The third-order valence-corrected chi connectivity index (χ3v) is 4.69. The van der Waals surface area contributed by atoms with Gasteiger partial charge in [-0.3, -0.25) is 0 Å². The first-order valence-corrected chi connectivity index (χ1v) is 7.69. The fraction of sp³-hybridized carbons (Fsp3) is 0.125. The van der Waals surface area contributed by atoms with Gasteiger partial charge in [0, 0.05) is 6.42 Å². The second-order valence-corrected chi connectivity index (χ2v) is 6.30. The van der Waals surface area contributed by atoms with Crippen molar-refractivity contribution in [2.75, 3.05) is 7.11 Å². The standard InChI is InChI=1S/C16H16O3S/c1-19-13-16(12-14-8-4-2-5-9-14)20(17,18)15-10-6-3-7-11-15/h2-11,13H,12H2,1H3/b16-13+. The highest BCUT2D eigenvalue weighted by atomic mass is 32.2. The maximum atomic E-state index is 12.6. The van der Waals surface area contributed by atoms with Crippen LogP contribution in [0.4, 0.5) is 0 Å². The fourth-order valence-corrected chi connectivity index (χ4v) is 3.28. The van der Waals surface area contributed by atoms with Crippen molar-refractivity contribution in [1.29, 1.82) is 0 Å². The van der Waals surface area contributed by atoms with E-state index >= 15 is 0 Å². The number of allylic oxidation sites excluding steroid dienone is 1. The number of methoxy groups -OCH3 is 1. The van der Waals surface area contributed by atoms with E-state index in [9.17, 15) is 8.42 Å². The molecule has 0 N–H and O–H groups in total. The van der Waals surface area contributed by atoms with Gasteiger partial charge in [0.2, 0.25) is 9.84 Å². The minimum absolute atomic E-state index is 0.248. The molecule has 2 aromatic rings. The van der Waals surface area contributed by atoms with Gasteiger partial charge in [0.15, 0.2) is 0 Å². The molecular weight excluding hydrogens is 272 g/mol. The molecule has 0 amide bonds. The Bertz CT molecular complexity index is 674. The Balaban J connectivity index is 2.37. The molecule has 0 radical (unpaired) electrons. The van der Waals surface area contributed by atoms with Crippen molar-refractivity contribution in [3.63, 3.8) is 0 Å². The van der Waals surface area contributed by atoms with Crippen molar-refractivity contribution in [3.05, 3.63) is 77.4 Å². The third-order valence-electron chi connectivity index (χ3n) is 2.87. The summed E-state index contributed by atoms with van der Waals surface area (Å²) in [4.78, 5) is 0.525. The van der Waals surface area contributed by atoms with Gasteiger partial charge >= 0.3 is 0 Å². The van der Waals surface area contributed by atoms with Gasteiger partial charge < -0.3 is 4.74 Å². The number of ether oxygens (including phenoxy) is 1. The van der Waals surface area contributed by atoms with Gasteiger partial charge in [-0.1, -0.05) is 48.5 Å². The Hall–Kier alpha value is -2.07. The molecule has 3 nitrogen and oxygen atoms in total. The highest BCUT2D eigenvalue weighted by Crippen LogP contribution is 2.22. The molecule has 0 aromatic heterocycles. The molecule has 0 saturated heterocycles. The lowest BCUT2D eigenvalue weighted by Crippen LogP contribution is -2.08. The van der Waals surface area contributed by atoms with Crippen LogP contribution in [0.3, 0.4) is 0 Å². The number of rotatable bonds is 5. The van der Waals surface area contributed by atoms with Crippen LogP contribution < -0.4 is 0 Å². The van der Waals surface area contributed by atoms with Crippen LogP contribution in [0.15, 0.2) is 76.7 Å². The lowest BCUT2D eigenvalue weighted by molar-refractivity contribution is 0.335. The Labute approximate surface area is 119 Å². The van der Waals surface area contributed by atoms with E-state index in [1.165, 1.54) is 13.4 Å². The van der Waals surface area contributed by atoms with Crippen molar-refractivity contribution in [1.82, 2.24) is 0 Å². The van der Waals surface area contributed by atoms with Crippen molar-refractivity contribution in [2.24, 2.45) is 0 Å². The lowest BCUT2D eigenvalue weighted by atomic mass is 10.1. The summed E-state index contributed by atoms with van der Waals surface area (Å²) in [6, 6.07) is 17.8. The Morgan fingerprint density at radius 3 is 2.10 bits per heavy atom. The zero-order valence-corrected chi connectivity index (χ0v) is 12.0. The quantitative estimate of drug-likeness (QED) is 0.794. The first kappa shape index (κ1) is 14.3. The zero-order valence-electron chi connectivity index (χ0n) is 11.2. The molecule has 0 bridgehead atoms. The minimum Gasteiger partial charge on any atom is -0.503 e. The minimum atomic E-state index is -3.53. The van der Waals surface area contributed by atoms with Crippen LogP contribution >= 0.6 is 0 Å². The van der Waals surface area contributed by atoms with E-state index in [4.69, 9.17) is 4.74 Å².